The molecule has 5 heterocycles. The summed E-state index contributed by atoms with van der Waals surface area (Å²) in [6, 6.07) is 12.8. The molecule has 4 aromatic rings. The monoisotopic (exact) mass is 729 g/mol. The van der Waals surface area contributed by atoms with E-state index < -0.39 is 23.8 Å². The number of ether oxygens (including phenoxy) is 3. The number of halogens is 3. The van der Waals surface area contributed by atoms with Crippen molar-refractivity contribution in [1.82, 2.24) is 4.90 Å². The summed E-state index contributed by atoms with van der Waals surface area (Å²) in [7, 11) is 2.99. The van der Waals surface area contributed by atoms with E-state index in [1.807, 2.05) is 0 Å². The molecule has 2 bridgehead atoms. The van der Waals surface area contributed by atoms with E-state index in [0.717, 1.165) is 42.0 Å². The normalized spacial score (nSPS) is 18.9. The Bertz CT molecular complexity index is 1840. The van der Waals surface area contributed by atoms with E-state index in [4.69, 9.17) is 37.4 Å². The lowest BCUT2D eigenvalue weighted by atomic mass is 9.85. The van der Waals surface area contributed by atoms with Crippen LogP contribution in [-0.4, -0.2) is 62.1 Å². The number of aromatic carboxylic acids is 1. The Kier molecular flexibility index (Phi) is 10.5. The summed E-state index contributed by atoms with van der Waals surface area (Å²) in [6.45, 7) is 2.37. The molecule has 2 atom stereocenters. The molecule has 258 valence electrons. The highest BCUT2D eigenvalue weighted by Crippen LogP contribution is 2.41. The number of aromatic nitrogens is 1. The van der Waals surface area contributed by atoms with Gasteiger partial charge in [0.2, 0.25) is 12.4 Å². The molecule has 3 saturated heterocycles. The summed E-state index contributed by atoms with van der Waals surface area (Å²) >= 11 is 14.0. The number of benzene rings is 2. The first kappa shape index (κ1) is 34.8. The lowest BCUT2D eigenvalue weighted by Gasteiger charge is -2.44. The molecule has 0 radical (unpaired) electrons. The van der Waals surface area contributed by atoms with Gasteiger partial charge in [0, 0.05) is 27.6 Å². The Morgan fingerprint density at radius 2 is 1.78 bits per heavy atom. The number of carbonyl (C=O) groups excluding carboxylic acids is 2. The summed E-state index contributed by atoms with van der Waals surface area (Å²) < 4.78 is 33.0. The van der Waals surface area contributed by atoms with Crippen molar-refractivity contribution >= 4 is 52.3 Å². The number of piperidine rings is 3. The minimum Gasteiger partial charge on any atom is -0.544 e. The van der Waals surface area contributed by atoms with Crippen molar-refractivity contribution in [2.24, 2.45) is 5.92 Å². The number of thiophene rings is 1. The summed E-state index contributed by atoms with van der Waals surface area (Å²) in [5.74, 6) is -1.62. The Balaban J connectivity index is 1.41. The SMILES string of the molecule is COc1ccc([C@H](Cc2c(Cl)c[n+](O)cc2Cl)c2cc(CN(C(=O)O[C@@H]3CN4CCC3CC4)c3ccccc3F)sc2C(=O)[O-])cc1OC. The van der Waals surface area contributed by atoms with Crippen molar-refractivity contribution in [3.8, 4) is 11.5 Å². The molecule has 0 aliphatic carbocycles. The van der Waals surface area contributed by atoms with Crippen LogP contribution in [0.15, 0.2) is 60.9 Å². The van der Waals surface area contributed by atoms with Gasteiger partial charge in [-0.15, -0.1) is 11.3 Å². The lowest BCUT2D eigenvalue weighted by Crippen LogP contribution is -2.53. The number of carboxylic acid groups (broad SMARTS) is 1. The molecule has 0 unspecified atom stereocenters. The van der Waals surface area contributed by atoms with Crippen molar-refractivity contribution in [2.75, 3.05) is 38.8 Å². The molecule has 10 nitrogen and oxygen atoms in total. The number of methoxy groups -OCH3 is 2. The fourth-order valence-electron chi connectivity index (χ4n) is 6.68. The number of anilines is 1. The van der Waals surface area contributed by atoms with Gasteiger partial charge in [-0.25, -0.2) is 9.18 Å². The van der Waals surface area contributed by atoms with E-state index in [-0.39, 0.29) is 45.6 Å². The molecule has 2 aromatic carbocycles. The molecule has 3 aliphatic rings. The number of pyridine rings is 1. The molecule has 7 rings (SSSR count). The standard InChI is InChI=1S/C35H34Cl2FN3O7S/c1-46-30-8-7-21(13-31(30)47-2)23(15-25-26(36)17-40(45)18-27(25)37)24-14-22(49-33(24)34(42)43)16-41(29-6-4-3-5-28(29)38)35(44)48-32-19-39-11-9-20(32)10-12-39/h3-8,13-14,17-18,20,23,32H,9-12,15-16,19H2,1-2H3,(H-,42,43,45)/t23-,32+/m0/s1. The third-order valence-corrected chi connectivity index (χ3v) is 11.0. The Labute approximate surface area is 296 Å². The first-order chi connectivity index (χ1) is 23.6. The summed E-state index contributed by atoms with van der Waals surface area (Å²) in [6.07, 6.45) is 3.47. The second kappa shape index (κ2) is 14.8. The molecule has 0 spiro atoms. The predicted octanol–water partition coefficient (Wildman–Crippen LogP) is 5.71. The van der Waals surface area contributed by atoms with Crippen LogP contribution in [0.2, 0.25) is 10.0 Å². The minimum atomic E-state index is -1.43. The maximum atomic E-state index is 15.2. The largest absolute Gasteiger partial charge is 0.544 e. The van der Waals surface area contributed by atoms with E-state index >= 15 is 4.39 Å². The first-order valence-electron chi connectivity index (χ1n) is 15.7. The summed E-state index contributed by atoms with van der Waals surface area (Å²) in [5.41, 5.74) is 1.47. The van der Waals surface area contributed by atoms with Crippen molar-refractivity contribution in [1.29, 1.82) is 0 Å². The highest BCUT2D eigenvalue weighted by Gasteiger charge is 2.38. The molecule has 1 N–H and O–H groups in total. The number of hydrogen-bond donors (Lipinski definition) is 1. The Hall–Kier alpha value is -4.10. The van der Waals surface area contributed by atoms with Crippen LogP contribution in [0, 0.1) is 11.7 Å². The molecule has 14 heteroatoms. The van der Waals surface area contributed by atoms with Gasteiger partial charge in [-0.2, -0.15) is 0 Å². The molecule has 49 heavy (non-hydrogen) atoms. The molecule has 0 saturated carbocycles. The zero-order valence-electron chi connectivity index (χ0n) is 26.7. The number of hydrogen-bond acceptors (Lipinski definition) is 9. The van der Waals surface area contributed by atoms with Gasteiger partial charge in [-0.05, 0) is 79.7 Å². The molecular formula is C35H34Cl2FN3O7S. The molecule has 1 amide bonds. The highest BCUT2D eigenvalue weighted by molar-refractivity contribution is 7.14. The number of carboxylic acids is 1. The van der Waals surface area contributed by atoms with E-state index in [0.29, 0.717) is 39.6 Å². The Morgan fingerprint density at radius 1 is 1.08 bits per heavy atom. The van der Waals surface area contributed by atoms with E-state index in [1.54, 1.807) is 30.3 Å². The summed E-state index contributed by atoms with van der Waals surface area (Å²) in [4.78, 5) is 30.3. The van der Waals surface area contributed by atoms with Crippen LogP contribution < -0.4 is 24.2 Å². The van der Waals surface area contributed by atoms with Crippen molar-refractivity contribution in [3.63, 3.8) is 0 Å². The average molecular weight is 731 g/mol. The van der Waals surface area contributed by atoms with E-state index in [9.17, 15) is 19.9 Å². The second-order valence-electron chi connectivity index (χ2n) is 12.1. The van der Waals surface area contributed by atoms with E-state index in [2.05, 4.69) is 4.90 Å². The first-order valence-corrected chi connectivity index (χ1v) is 17.2. The van der Waals surface area contributed by atoms with Gasteiger partial charge in [0.15, 0.2) is 11.5 Å². The van der Waals surface area contributed by atoms with Crippen LogP contribution in [0.4, 0.5) is 14.9 Å². The zero-order valence-corrected chi connectivity index (χ0v) is 29.1. The van der Waals surface area contributed by atoms with Crippen LogP contribution in [0.5, 0.6) is 11.5 Å². The van der Waals surface area contributed by atoms with Crippen molar-refractivity contribution in [2.45, 2.75) is 37.8 Å². The van der Waals surface area contributed by atoms with Crippen LogP contribution in [0.3, 0.4) is 0 Å². The van der Waals surface area contributed by atoms with Crippen molar-refractivity contribution < 1.29 is 43.2 Å². The molecular weight excluding hydrogens is 696 g/mol. The number of fused-ring (bicyclic) bond motifs is 3. The highest BCUT2D eigenvalue weighted by atomic mass is 35.5. The van der Waals surface area contributed by atoms with Crippen LogP contribution in [-0.2, 0) is 17.7 Å². The van der Waals surface area contributed by atoms with Crippen molar-refractivity contribution in [3.05, 3.63) is 103 Å². The van der Waals surface area contributed by atoms with E-state index in [1.165, 1.54) is 49.7 Å². The molecule has 3 fully saturated rings. The third-order valence-electron chi connectivity index (χ3n) is 9.18. The quantitative estimate of drug-likeness (QED) is 0.154. The molecule has 2 aromatic heterocycles. The van der Waals surface area contributed by atoms with Gasteiger partial charge >= 0.3 is 6.09 Å². The molecule has 3 aliphatic heterocycles. The number of rotatable bonds is 11. The predicted molar refractivity (Wildman–Crippen MR) is 180 cm³/mol. The maximum absolute atomic E-state index is 15.2. The number of carbonyl (C=O) groups is 2. The summed E-state index contributed by atoms with van der Waals surface area (Å²) in [5, 5.41) is 23.0. The number of amides is 1. The van der Waals surface area contributed by atoms with Crippen LogP contribution >= 0.6 is 34.5 Å². The topological polar surface area (TPSA) is 115 Å². The minimum absolute atomic E-state index is 0.00956. The fourth-order valence-corrected chi connectivity index (χ4v) is 8.33. The zero-order chi connectivity index (χ0) is 34.8. The van der Waals surface area contributed by atoms with Gasteiger partial charge in [-0.3, -0.25) is 15.0 Å². The maximum Gasteiger partial charge on any atom is 0.415 e. The van der Waals surface area contributed by atoms with Gasteiger partial charge in [0.05, 0.1) is 37.3 Å². The fraction of sp³-hybridized carbons (Fsp3) is 0.343. The Morgan fingerprint density at radius 3 is 2.39 bits per heavy atom. The van der Waals surface area contributed by atoms with Gasteiger partial charge in [-0.1, -0.05) is 41.4 Å². The van der Waals surface area contributed by atoms with Crippen LogP contribution in [0.25, 0.3) is 0 Å². The lowest BCUT2D eigenvalue weighted by molar-refractivity contribution is -0.904. The van der Waals surface area contributed by atoms with Gasteiger partial charge in [0.25, 0.3) is 0 Å². The van der Waals surface area contributed by atoms with Gasteiger partial charge < -0.3 is 24.1 Å². The third kappa shape index (κ3) is 7.42. The van der Waals surface area contributed by atoms with Crippen LogP contribution in [0.1, 0.15) is 50.0 Å². The number of para-hydroxylation sites is 1. The average Bonchev–Trinajstić information content (AvgIpc) is 3.51. The second-order valence-corrected chi connectivity index (χ2v) is 14.0. The smallest absolute Gasteiger partial charge is 0.415 e. The van der Waals surface area contributed by atoms with Gasteiger partial charge in [0.1, 0.15) is 22.0 Å². The number of nitrogens with zero attached hydrogens (tertiary/aromatic N) is 3.